The van der Waals surface area contributed by atoms with Crippen molar-refractivity contribution in [3.05, 3.63) is 33.8 Å². The number of carbonyl (C=O) groups excluding carboxylic acids is 1. The fourth-order valence-electron chi connectivity index (χ4n) is 1.43. The summed E-state index contributed by atoms with van der Waals surface area (Å²) < 4.78 is 4.96. The fourth-order valence-corrected chi connectivity index (χ4v) is 1.93. The smallest absolute Gasteiger partial charge is 0.254 e. The summed E-state index contributed by atoms with van der Waals surface area (Å²) in [7, 11) is 1.59. The number of benzene rings is 1. The van der Waals surface area contributed by atoms with Crippen LogP contribution in [0, 0.1) is 0 Å². The molecule has 0 unspecified atom stereocenters. The van der Waals surface area contributed by atoms with Gasteiger partial charge in [0.15, 0.2) is 0 Å². The molecule has 3 nitrogen and oxygen atoms in total. The van der Waals surface area contributed by atoms with Crippen LogP contribution in [0.15, 0.2) is 18.2 Å². The standard InChI is InChI=1S/C12H14Cl3NO2/c1-18-7-6-16(5-4-13)12(17)9-2-3-10(14)11(15)8-9/h2-3,8H,4-7H2,1H3. The molecule has 0 radical (unpaired) electrons. The Morgan fingerprint density at radius 1 is 1.28 bits per heavy atom. The minimum Gasteiger partial charge on any atom is -0.383 e. The number of alkyl halides is 1. The van der Waals surface area contributed by atoms with Crippen LogP contribution in [0.2, 0.25) is 10.0 Å². The first-order valence-corrected chi connectivity index (χ1v) is 6.68. The molecule has 0 atom stereocenters. The Labute approximate surface area is 122 Å². The maximum atomic E-state index is 12.2. The predicted octanol–water partition coefficient (Wildman–Crippen LogP) is 3.32. The van der Waals surface area contributed by atoms with Crippen LogP contribution in [-0.4, -0.2) is 43.5 Å². The van der Waals surface area contributed by atoms with E-state index >= 15 is 0 Å². The number of hydrogen-bond donors (Lipinski definition) is 0. The summed E-state index contributed by atoms with van der Waals surface area (Å²) in [5.41, 5.74) is 0.491. The molecule has 0 aliphatic carbocycles. The number of halogens is 3. The number of hydrogen-bond acceptors (Lipinski definition) is 2. The van der Waals surface area contributed by atoms with Gasteiger partial charge in [0.2, 0.25) is 0 Å². The zero-order valence-electron chi connectivity index (χ0n) is 9.96. The van der Waals surface area contributed by atoms with E-state index in [1.807, 2.05) is 0 Å². The summed E-state index contributed by atoms with van der Waals surface area (Å²) in [6.45, 7) is 1.41. The molecule has 0 aromatic heterocycles. The molecule has 0 aliphatic rings. The molecule has 1 aromatic carbocycles. The molecule has 0 spiro atoms. The monoisotopic (exact) mass is 309 g/mol. The molecule has 0 heterocycles. The zero-order chi connectivity index (χ0) is 13.5. The highest BCUT2D eigenvalue weighted by molar-refractivity contribution is 6.42. The van der Waals surface area contributed by atoms with Crippen LogP contribution in [0.1, 0.15) is 10.4 Å². The molecule has 1 rings (SSSR count). The molecular formula is C12H14Cl3NO2. The van der Waals surface area contributed by atoms with Gasteiger partial charge in [-0.3, -0.25) is 4.79 Å². The number of nitrogens with zero attached hydrogens (tertiary/aromatic N) is 1. The number of carbonyl (C=O) groups is 1. The highest BCUT2D eigenvalue weighted by atomic mass is 35.5. The quantitative estimate of drug-likeness (QED) is 0.754. The summed E-state index contributed by atoms with van der Waals surface area (Å²) in [5.74, 6) is 0.239. The first-order valence-electron chi connectivity index (χ1n) is 5.39. The summed E-state index contributed by atoms with van der Waals surface area (Å²) in [6.07, 6.45) is 0. The molecule has 100 valence electrons. The van der Waals surface area contributed by atoms with Gasteiger partial charge < -0.3 is 9.64 Å². The SMILES string of the molecule is COCCN(CCCl)C(=O)c1ccc(Cl)c(Cl)c1. The first-order chi connectivity index (χ1) is 8.60. The molecule has 1 aromatic rings. The van der Waals surface area contributed by atoms with E-state index < -0.39 is 0 Å². The van der Waals surface area contributed by atoms with E-state index in [4.69, 9.17) is 39.5 Å². The van der Waals surface area contributed by atoms with Gasteiger partial charge in [-0.1, -0.05) is 23.2 Å². The van der Waals surface area contributed by atoms with E-state index in [9.17, 15) is 4.79 Å². The Morgan fingerprint density at radius 3 is 2.56 bits per heavy atom. The lowest BCUT2D eigenvalue weighted by Gasteiger charge is -2.21. The average Bonchev–Trinajstić information content (AvgIpc) is 2.37. The van der Waals surface area contributed by atoms with Gasteiger partial charge in [-0.25, -0.2) is 0 Å². The summed E-state index contributed by atoms with van der Waals surface area (Å²) in [6, 6.07) is 4.80. The molecule has 0 fully saturated rings. The summed E-state index contributed by atoms with van der Waals surface area (Å²) in [4.78, 5) is 13.8. The van der Waals surface area contributed by atoms with Crippen molar-refractivity contribution >= 4 is 40.7 Å². The number of rotatable bonds is 6. The summed E-state index contributed by atoms with van der Waals surface area (Å²) in [5, 5.41) is 0.786. The normalized spacial score (nSPS) is 10.4. The molecule has 18 heavy (non-hydrogen) atoms. The highest BCUT2D eigenvalue weighted by Gasteiger charge is 2.15. The van der Waals surface area contributed by atoms with Gasteiger partial charge in [0, 0.05) is 31.6 Å². The zero-order valence-corrected chi connectivity index (χ0v) is 12.2. The van der Waals surface area contributed by atoms with Crippen molar-refractivity contribution in [1.82, 2.24) is 4.90 Å². The third kappa shape index (κ3) is 4.32. The Balaban J connectivity index is 2.83. The fraction of sp³-hybridized carbons (Fsp3) is 0.417. The van der Waals surface area contributed by atoms with Crippen molar-refractivity contribution in [1.29, 1.82) is 0 Å². The molecule has 0 aliphatic heterocycles. The van der Waals surface area contributed by atoms with Crippen molar-refractivity contribution in [3.63, 3.8) is 0 Å². The van der Waals surface area contributed by atoms with E-state index in [1.54, 1.807) is 30.2 Å². The van der Waals surface area contributed by atoms with E-state index in [-0.39, 0.29) is 5.91 Å². The number of ether oxygens (including phenoxy) is 1. The molecule has 0 saturated carbocycles. The summed E-state index contributed by atoms with van der Waals surface area (Å²) >= 11 is 17.4. The lowest BCUT2D eigenvalue weighted by atomic mass is 10.2. The lowest BCUT2D eigenvalue weighted by Crippen LogP contribution is -2.35. The third-order valence-electron chi connectivity index (χ3n) is 2.37. The second kappa shape index (κ2) is 7.85. The van der Waals surface area contributed by atoms with Gasteiger partial charge in [0.25, 0.3) is 5.91 Å². The largest absolute Gasteiger partial charge is 0.383 e. The van der Waals surface area contributed by atoms with E-state index in [0.29, 0.717) is 41.2 Å². The Bertz CT molecular complexity index is 412. The van der Waals surface area contributed by atoms with Gasteiger partial charge >= 0.3 is 0 Å². The number of amides is 1. The molecule has 6 heteroatoms. The minimum absolute atomic E-state index is 0.133. The maximum Gasteiger partial charge on any atom is 0.254 e. The Hall–Kier alpha value is -0.480. The van der Waals surface area contributed by atoms with Gasteiger partial charge in [0.05, 0.1) is 16.7 Å². The van der Waals surface area contributed by atoms with Gasteiger partial charge in [-0.05, 0) is 18.2 Å². The van der Waals surface area contributed by atoms with Crippen LogP contribution >= 0.6 is 34.8 Å². The van der Waals surface area contributed by atoms with E-state index in [0.717, 1.165) is 0 Å². The topological polar surface area (TPSA) is 29.5 Å². The second-order valence-corrected chi connectivity index (χ2v) is 4.80. The molecular weight excluding hydrogens is 296 g/mol. The maximum absolute atomic E-state index is 12.2. The average molecular weight is 311 g/mol. The second-order valence-electron chi connectivity index (χ2n) is 3.60. The van der Waals surface area contributed by atoms with Crippen LogP contribution in [0.25, 0.3) is 0 Å². The lowest BCUT2D eigenvalue weighted by molar-refractivity contribution is 0.0708. The van der Waals surface area contributed by atoms with Crippen molar-refractivity contribution < 1.29 is 9.53 Å². The molecule has 0 saturated heterocycles. The third-order valence-corrected chi connectivity index (χ3v) is 3.28. The predicted molar refractivity (Wildman–Crippen MR) is 75.0 cm³/mol. The van der Waals surface area contributed by atoms with Gasteiger partial charge in [-0.15, -0.1) is 11.6 Å². The van der Waals surface area contributed by atoms with Crippen molar-refractivity contribution in [2.24, 2.45) is 0 Å². The Morgan fingerprint density at radius 2 is 2.00 bits per heavy atom. The van der Waals surface area contributed by atoms with Crippen LogP contribution in [0.3, 0.4) is 0 Å². The van der Waals surface area contributed by atoms with Crippen molar-refractivity contribution in [3.8, 4) is 0 Å². The molecule has 0 bridgehead atoms. The van der Waals surface area contributed by atoms with Crippen LogP contribution in [-0.2, 0) is 4.74 Å². The van der Waals surface area contributed by atoms with E-state index in [1.165, 1.54) is 0 Å². The minimum atomic E-state index is -0.133. The van der Waals surface area contributed by atoms with Crippen LogP contribution < -0.4 is 0 Å². The molecule has 1 amide bonds. The van der Waals surface area contributed by atoms with Gasteiger partial charge in [-0.2, -0.15) is 0 Å². The van der Waals surface area contributed by atoms with Crippen molar-refractivity contribution in [2.75, 3.05) is 32.7 Å². The van der Waals surface area contributed by atoms with E-state index in [2.05, 4.69) is 0 Å². The molecule has 0 N–H and O–H groups in total. The van der Waals surface area contributed by atoms with Crippen LogP contribution in [0.4, 0.5) is 0 Å². The number of methoxy groups -OCH3 is 1. The Kier molecular flexibility index (Phi) is 6.79. The van der Waals surface area contributed by atoms with Crippen molar-refractivity contribution in [2.45, 2.75) is 0 Å². The highest BCUT2D eigenvalue weighted by Crippen LogP contribution is 2.23. The van der Waals surface area contributed by atoms with Gasteiger partial charge in [0.1, 0.15) is 0 Å². The first kappa shape index (κ1) is 15.6. The van der Waals surface area contributed by atoms with Crippen LogP contribution in [0.5, 0.6) is 0 Å².